The quantitative estimate of drug-likeness (QED) is 0.744. The zero-order chi connectivity index (χ0) is 15.3. The molecular formula is C14H24N2O4. The van der Waals surface area contributed by atoms with Crippen LogP contribution in [0.25, 0.3) is 0 Å². The molecule has 0 fully saturated rings. The van der Waals surface area contributed by atoms with E-state index in [4.69, 9.17) is 4.74 Å². The summed E-state index contributed by atoms with van der Waals surface area (Å²) in [7, 11) is 0. The van der Waals surface area contributed by atoms with Gasteiger partial charge in [-0.2, -0.15) is 0 Å². The zero-order valence-electron chi connectivity index (χ0n) is 12.6. The van der Waals surface area contributed by atoms with E-state index in [1.807, 2.05) is 13.8 Å². The van der Waals surface area contributed by atoms with Gasteiger partial charge in [-0.15, -0.1) is 0 Å². The van der Waals surface area contributed by atoms with E-state index in [0.717, 1.165) is 6.42 Å². The van der Waals surface area contributed by atoms with Gasteiger partial charge in [-0.05, 0) is 32.6 Å². The van der Waals surface area contributed by atoms with Crippen molar-refractivity contribution in [1.82, 2.24) is 9.55 Å². The molecule has 114 valence electrons. The van der Waals surface area contributed by atoms with Crippen molar-refractivity contribution in [2.75, 3.05) is 6.61 Å². The molecule has 0 aliphatic rings. The van der Waals surface area contributed by atoms with Crippen LogP contribution in [0.5, 0.6) is 5.88 Å². The third kappa shape index (κ3) is 4.23. The van der Waals surface area contributed by atoms with Crippen LogP contribution in [0, 0.1) is 0 Å². The van der Waals surface area contributed by atoms with Gasteiger partial charge in [0.15, 0.2) is 0 Å². The SMILES string of the molecule is CC(C)OCCCCn1c(O)c(C(C)C)c(=O)[nH]c1=O. The van der Waals surface area contributed by atoms with Gasteiger partial charge in [0.05, 0.1) is 11.7 Å². The third-order valence-corrected chi connectivity index (χ3v) is 3.01. The second-order valence-corrected chi connectivity index (χ2v) is 5.43. The molecule has 1 rings (SSSR count). The van der Waals surface area contributed by atoms with Crippen molar-refractivity contribution >= 4 is 0 Å². The lowest BCUT2D eigenvalue weighted by Crippen LogP contribution is -2.32. The number of aromatic nitrogens is 2. The number of aromatic hydroxyl groups is 1. The second-order valence-electron chi connectivity index (χ2n) is 5.43. The number of nitrogens with zero attached hydrogens (tertiary/aromatic N) is 1. The summed E-state index contributed by atoms with van der Waals surface area (Å²) < 4.78 is 6.63. The molecule has 0 spiro atoms. The van der Waals surface area contributed by atoms with Crippen molar-refractivity contribution in [2.45, 2.75) is 59.1 Å². The van der Waals surface area contributed by atoms with Gasteiger partial charge in [-0.25, -0.2) is 4.79 Å². The Morgan fingerprint density at radius 1 is 1.20 bits per heavy atom. The summed E-state index contributed by atoms with van der Waals surface area (Å²) in [6.45, 7) is 8.52. The summed E-state index contributed by atoms with van der Waals surface area (Å²) in [5, 5.41) is 10.1. The summed E-state index contributed by atoms with van der Waals surface area (Å²) >= 11 is 0. The minimum Gasteiger partial charge on any atom is -0.494 e. The number of nitrogens with one attached hydrogen (secondary N) is 1. The third-order valence-electron chi connectivity index (χ3n) is 3.01. The number of H-pyrrole nitrogens is 1. The molecular weight excluding hydrogens is 260 g/mol. The highest BCUT2D eigenvalue weighted by atomic mass is 16.5. The summed E-state index contributed by atoms with van der Waals surface area (Å²) in [6.07, 6.45) is 1.68. The van der Waals surface area contributed by atoms with Crippen molar-refractivity contribution in [2.24, 2.45) is 0 Å². The van der Waals surface area contributed by atoms with Gasteiger partial charge < -0.3 is 9.84 Å². The Bertz CT molecular complexity index is 543. The lowest BCUT2D eigenvalue weighted by atomic mass is 10.1. The molecule has 6 heteroatoms. The average molecular weight is 284 g/mol. The molecule has 1 heterocycles. The maximum absolute atomic E-state index is 11.7. The number of hydrogen-bond donors (Lipinski definition) is 2. The Hall–Kier alpha value is -1.56. The first kappa shape index (κ1) is 16.5. The van der Waals surface area contributed by atoms with Crippen LogP contribution in [0.2, 0.25) is 0 Å². The molecule has 0 saturated heterocycles. The summed E-state index contributed by atoms with van der Waals surface area (Å²) in [5.41, 5.74) is -0.827. The molecule has 1 aromatic rings. The van der Waals surface area contributed by atoms with Crippen molar-refractivity contribution in [3.63, 3.8) is 0 Å². The number of ether oxygens (including phenoxy) is 1. The first-order valence-corrected chi connectivity index (χ1v) is 7.02. The fourth-order valence-electron chi connectivity index (χ4n) is 1.99. The van der Waals surface area contributed by atoms with E-state index >= 15 is 0 Å². The van der Waals surface area contributed by atoms with Crippen molar-refractivity contribution in [3.8, 4) is 5.88 Å². The maximum Gasteiger partial charge on any atom is 0.331 e. The largest absolute Gasteiger partial charge is 0.494 e. The minimum absolute atomic E-state index is 0.144. The van der Waals surface area contributed by atoms with Crippen LogP contribution in [0.3, 0.4) is 0 Å². The summed E-state index contributed by atoms with van der Waals surface area (Å²) in [4.78, 5) is 25.6. The van der Waals surface area contributed by atoms with E-state index < -0.39 is 11.2 Å². The molecule has 6 nitrogen and oxygen atoms in total. The fraction of sp³-hybridized carbons (Fsp3) is 0.714. The molecule has 0 unspecified atom stereocenters. The van der Waals surface area contributed by atoms with Crippen LogP contribution < -0.4 is 11.2 Å². The second kappa shape index (κ2) is 7.28. The first-order valence-electron chi connectivity index (χ1n) is 7.02. The van der Waals surface area contributed by atoms with Crippen molar-refractivity contribution in [1.29, 1.82) is 0 Å². The number of aromatic amines is 1. The lowest BCUT2D eigenvalue weighted by Gasteiger charge is -2.13. The van der Waals surface area contributed by atoms with Crippen LogP contribution in [0.4, 0.5) is 0 Å². The molecule has 0 aliphatic carbocycles. The van der Waals surface area contributed by atoms with Gasteiger partial charge in [-0.1, -0.05) is 13.8 Å². The van der Waals surface area contributed by atoms with Crippen LogP contribution >= 0.6 is 0 Å². The van der Waals surface area contributed by atoms with E-state index in [2.05, 4.69) is 4.98 Å². The Morgan fingerprint density at radius 2 is 1.85 bits per heavy atom. The fourth-order valence-corrected chi connectivity index (χ4v) is 1.99. The van der Waals surface area contributed by atoms with Gasteiger partial charge in [0.25, 0.3) is 5.56 Å². The standard InChI is InChI=1S/C14H24N2O4/c1-9(2)11-12(17)15-14(19)16(13(11)18)7-5-6-8-20-10(3)4/h9-10,18H,5-8H2,1-4H3,(H,15,17,19). The van der Waals surface area contributed by atoms with Crippen molar-refractivity contribution in [3.05, 3.63) is 26.4 Å². The summed E-state index contributed by atoms with van der Waals surface area (Å²) in [6, 6.07) is 0. The Morgan fingerprint density at radius 3 is 2.40 bits per heavy atom. The van der Waals surface area contributed by atoms with Gasteiger partial charge in [0.2, 0.25) is 5.88 Å². The molecule has 0 aromatic carbocycles. The van der Waals surface area contributed by atoms with Crippen LogP contribution in [-0.2, 0) is 11.3 Å². The highest BCUT2D eigenvalue weighted by Crippen LogP contribution is 2.19. The molecule has 1 aromatic heterocycles. The van der Waals surface area contributed by atoms with Gasteiger partial charge in [0, 0.05) is 13.2 Å². The molecule has 0 radical (unpaired) electrons. The smallest absolute Gasteiger partial charge is 0.331 e. The highest BCUT2D eigenvalue weighted by molar-refractivity contribution is 5.25. The van der Waals surface area contributed by atoms with E-state index in [0.29, 0.717) is 19.6 Å². The first-order chi connectivity index (χ1) is 9.34. The van der Waals surface area contributed by atoms with Gasteiger partial charge >= 0.3 is 5.69 Å². The van der Waals surface area contributed by atoms with Crippen LogP contribution in [-0.4, -0.2) is 27.4 Å². The minimum atomic E-state index is -0.568. The van der Waals surface area contributed by atoms with Crippen molar-refractivity contribution < 1.29 is 9.84 Å². The van der Waals surface area contributed by atoms with Crippen LogP contribution in [0.1, 0.15) is 52.0 Å². The maximum atomic E-state index is 11.7. The summed E-state index contributed by atoms with van der Waals surface area (Å²) in [5.74, 6) is -0.367. The predicted molar refractivity (Wildman–Crippen MR) is 77.4 cm³/mol. The Balaban J connectivity index is 2.78. The average Bonchev–Trinajstić information content (AvgIpc) is 2.30. The van der Waals surface area contributed by atoms with E-state index in [1.165, 1.54) is 4.57 Å². The van der Waals surface area contributed by atoms with E-state index in [1.54, 1.807) is 13.8 Å². The Kier molecular flexibility index (Phi) is 6.01. The van der Waals surface area contributed by atoms with E-state index in [-0.39, 0.29) is 23.5 Å². The molecule has 0 saturated carbocycles. The molecule has 20 heavy (non-hydrogen) atoms. The number of rotatable bonds is 7. The monoisotopic (exact) mass is 284 g/mol. The number of unbranched alkanes of at least 4 members (excludes halogenated alkanes) is 1. The highest BCUT2D eigenvalue weighted by Gasteiger charge is 2.16. The predicted octanol–water partition coefficient (Wildman–Crippen LogP) is 1.57. The molecule has 0 bridgehead atoms. The normalized spacial score (nSPS) is 11.5. The van der Waals surface area contributed by atoms with Crippen LogP contribution in [0.15, 0.2) is 9.59 Å². The molecule has 2 N–H and O–H groups in total. The molecule has 0 atom stereocenters. The lowest BCUT2D eigenvalue weighted by molar-refractivity contribution is 0.0752. The topological polar surface area (TPSA) is 84.3 Å². The molecule has 0 aliphatic heterocycles. The number of hydrogen-bond acceptors (Lipinski definition) is 4. The zero-order valence-corrected chi connectivity index (χ0v) is 12.6. The van der Waals surface area contributed by atoms with Gasteiger partial charge in [0.1, 0.15) is 0 Å². The van der Waals surface area contributed by atoms with Gasteiger partial charge in [-0.3, -0.25) is 14.3 Å². The van der Waals surface area contributed by atoms with E-state index in [9.17, 15) is 14.7 Å². The Labute approximate surface area is 118 Å². The molecule has 0 amide bonds.